The number of piperidine rings is 1. The Morgan fingerprint density at radius 3 is 2.69 bits per heavy atom. The van der Waals surface area contributed by atoms with Crippen LogP contribution in [0.3, 0.4) is 0 Å². The van der Waals surface area contributed by atoms with Crippen molar-refractivity contribution in [3.63, 3.8) is 0 Å². The van der Waals surface area contributed by atoms with E-state index in [9.17, 15) is 13.2 Å². The molecule has 1 saturated heterocycles. The molecule has 1 aliphatic carbocycles. The highest BCUT2D eigenvalue weighted by molar-refractivity contribution is 7.89. The summed E-state index contributed by atoms with van der Waals surface area (Å²) in [5, 5.41) is 2.90. The molecule has 0 aromatic heterocycles. The van der Waals surface area contributed by atoms with E-state index in [-0.39, 0.29) is 10.8 Å². The van der Waals surface area contributed by atoms with Gasteiger partial charge in [-0.25, -0.2) is 13.1 Å². The second-order valence-electron chi connectivity index (χ2n) is 7.61. The van der Waals surface area contributed by atoms with Gasteiger partial charge in [-0.05, 0) is 63.8 Å². The Kier molecular flexibility index (Phi) is 5.99. The lowest BCUT2D eigenvalue weighted by Gasteiger charge is -2.40. The van der Waals surface area contributed by atoms with Crippen molar-refractivity contribution in [1.82, 2.24) is 4.72 Å². The molecule has 7 heteroatoms. The molecule has 0 spiro atoms. The minimum Gasteiger partial charge on any atom is -0.324 e. The maximum Gasteiger partial charge on any atom is 0.279 e. The Hall–Kier alpha value is -1.44. The molecule has 2 fully saturated rings. The average Bonchev–Trinajstić information content (AvgIpc) is 2.63. The molecule has 1 heterocycles. The summed E-state index contributed by atoms with van der Waals surface area (Å²) in [7, 11) is -2.15. The summed E-state index contributed by atoms with van der Waals surface area (Å²) in [6.07, 6.45) is 7.63. The summed E-state index contributed by atoms with van der Waals surface area (Å²) in [5.74, 6) is 0.731. The molecule has 26 heavy (non-hydrogen) atoms. The van der Waals surface area contributed by atoms with Crippen LogP contribution in [0.2, 0.25) is 0 Å². The summed E-state index contributed by atoms with van der Waals surface area (Å²) >= 11 is 0. The first-order valence-corrected chi connectivity index (χ1v) is 11.1. The largest absolute Gasteiger partial charge is 0.324 e. The number of likely N-dealkylation sites (tertiary alicyclic amines) is 1. The number of fused-ring (bicyclic) bond motifs is 1. The number of hydrogen-bond donors (Lipinski definition) is 3. The van der Waals surface area contributed by atoms with Crippen molar-refractivity contribution in [3.8, 4) is 0 Å². The van der Waals surface area contributed by atoms with Gasteiger partial charge in [-0.1, -0.05) is 12.5 Å². The monoisotopic (exact) mass is 380 g/mol. The third kappa shape index (κ3) is 4.27. The lowest BCUT2D eigenvalue weighted by molar-refractivity contribution is -0.928. The van der Waals surface area contributed by atoms with Crippen LogP contribution in [0.15, 0.2) is 23.1 Å². The first kappa shape index (κ1) is 19.3. The highest BCUT2D eigenvalue weighted by Gasteiger charge is 2.37. The second-order valence-corrected chi connectivity index (χ2v) is 9.47. The number of quaternary nitrogens is 1. The van der Waals surface area contributed by atoms with Crippen molar-refractivity contribution in [2.24, 2.45) is 5.92 Å². The number of sulfonamides is 1. The number of benzene rings is 1. The van der Waals surface area contributed by atoms with Crippen molar-refractivity contribution in [2.45, 2.75) is 56.4 Å². The van der Waals surface area contributed by atoms with Gasteiger partial charge in [-0.15, -0.1) is 0 Å². The highest BCUT2D eigenvalue weighted by Crippen LogP contribution is 2.28. The van der Waals surface area contributed by atoms with Gasteiger partial charge >= 0.3 is 0 Å². The molecule has 2 aliphatic rings. The topological polar surface area (TPSA) is 79.7 Å². The predicted molar refractivity (Wildman–Crippen MR) is 102 cm³/mol. The van der Waals surface area contributed by atoms with Crippen molar-refractivity contribution >= 4 is 21.6 Å². The van der Waals surface area contributed by atoms with Gasteiger partial charge in [-0.3, -0.25) is 4.79 Å². The number of amides is 1. The molecule has 1 aromatic carbocycles. The predicted octanol–water partition coefficient (Wildman–Crippen LogP) is 1.08. The van der Waals surface area contributed by atoms with Crippen molar-refractivity contribution < 1.29 is 18.1 Å². The van der Waals surface area contributed by atoms with E-state index >= 15 is 0 Å². The molecule has 6 nitrogen and oxygen atoms in total. The van der Waals surface area contributed by atoms with E-state index < -0.39 is 10.0 Å². The van der Waals surface area contributed by atoms with E-state index in [1.54, 1.807) is 19.1 Å². The number of rotatable bonds is 5. The van der Waals surface area contributed by atoms with Crippen LogP contribution in [-0.2, 0) is 14.8 Å². The first-order chi connectivity index (χ1) is 12.4. The van der Waals surface area contributed by atoms with E-state index in [4.69, 9.17) is 0 Å². The van der Waals surface area contributed by atoms with E-state index in [1.165, 1.54) is 56.5 Å². The van der Waals surface area contributed by atoms with Crippen molar-refractivity contribution in [1.29, 1.82) is 0 Å². The summed E-state index contributed by atoms with van der Waals surface area (Å²) in [6.45, 7) is 3.27. The lowest BCUT2D eigenvalue weighted by atomic mass is 9.78. The van der Waals surface area contributed by atoms with Crippen LogP contribution in [0.25, 0.3) is 0 Å². The van der Waals surface area contributed by atoms with Gasteiger partial charge in [-0.2, -0.15) is 0 Å². The summed E-state index contributed by atoms with van der Waals surface area (Å²) in [5.41, 5.74) is 1.19. The van der Waals surface area contributed by atoms with E-state index in [0.717, 1.165) is 12.5 Å². The highest BCUT2D eigenvalue weighted by atomic mass is 32.2. The quantitative estimate of drug-likeness (QED) is 0.715. The fourth-order valence-corrected chi connectivity index (χ4v) is 5.57. The third-order valence-electron chi connectivity index (χ3n) is 5.92. The standard InChI is InChI=1S/C19H29N3O3S/c1-14-9-10-16(12-18(14)26(24,25)20-2)21-19(23)13-22-11-5-7-15-6-3-4-8-17(15)22/h9-10,12,15,17,20H,3-8,11,13H2,1-2H3,(H,21,23)/p+1/t15-,17-/m0/s1. The van der Waals surface area contributed by atoms with Gasteiger partial charge < -0.3 is 10.2 Å². The zero-order valence-electron chi connectivity index (χ0n) is 15.7. The van der Waals surface area contributed by atoms with Crippen LogP contribution >= 0.6 is 0 Å². The van der Waals surface area contributed by atoms with Crippen LogP contribution < -0.4 is 14.9 Å². The number of anilines is 1. The Morgan fingerprint density at radius 2 is 1.92 bits per heavy atom. The molecule has 1 saturated carbocycles. The number of carbonyl (C=O) groups is 1. The van der Waals surface area contributed by atoms with Gasteiger partial charge in [0.2, 0.25) is 10.0 Å². The number of aryl methyl sites for hydroxylation is 1. The normalized spacial score (nSPS) is 26.2. The minimum absolute atomic E-state index is 0.0390. The minimum atomic E-state index is -3.54. The van der Waals surface area contributed by atoms with Gasteiger partial charge in [0.1, 0.15) is 0 Å². The maximum absolute atomic E-state index is 12.6. The molecule has 0 bridgehead atoms. The molecule has 1 aromatic rings. The fourth-order valence-electron chi connectivity index (χ4n) is 4.58. The smallest absolute Gasteiger partial charge is 0.279 e. The lowest BCUT2D eigenvalue weighted by Crippen LogP contribution is -3.18. The number of hydrogen-bond acceptors (Lipinski definition) is 3. The Morgan fingerprint density at radius 1 is 1.19 bits per heavy atom. The van der Waals surface area contributed by atoms with Crippen LogP contribution in [-0.4, -0.2) is 40.5 Å². The Bertz CT molecular complexity index is 761. The molecule has 144 valence electrons. The molecule has 3 N–H and O–H groups in total. The van der Waals surface area contributed by atoms with Crippen molar-refractivity contribution in [3.05, 3.63) is 23.8 Å². The molecule has 3 atom stereocenters. The zero-order valence-corrected chi connectivity index (χ0v) is 16.5. The first-order valence-electron chi connectivity index (χ1n) is 9.59. The van der Waals surface area contributed by atoms with Crippen LogP contribution in [0.5, 0.6) is 0 Å². The summed E-state index contributed by atoms with van der Waals surface area (Å²) in [6, 6.07) is 5.64. The SMILES string of the molecule is CNS(=O)(=O)c1cc(NC(=O)C[NH+]2CCC[C@@H]3CCCC[C@@H]32)ccc1C. The molecular weight excluding hydrogens is 350 g/mol. The van der Waals surface area contributed by atoms with Gasteiger partial charge in [0.25, 0.3) is 5.91 Å². The molecule has 1 aliphatic heterocycles. The fraction of sp³-hybridized carbons (Fsp3) is 0.632. The number of carbonyl (C=O) groups excluding carboxylic acids is 1. The van der Waals surface area contributed by atoms with E-state index in [2.05, 4.69) is 10.0 Å². The van der Waals surface area contributed by atoms with Crippen LogP contribution in [0.1, 0.15) is 44.1 Å². The average molecular weight is 381 g/mol. The van der Waals surface area contributed by atoms with E-state index in [0.29, 0.717) is 23.8 Å². The molecule has 1 unspecified atom stereocenters. The maximum atomic E-state index is 12.6. The molecule has 1 amide bonds. The van der Waals surface area contributed by atoms with Crippen molar-refractivity contribution in [2.75, 3.05) is 25.5 Å². The number of nitrogens with one attached hydrogen (secondary N) is 3. The van der Waals surface area contributed by atoms with Crippen LogP contribution in [0.4, 0.5) is 5.69 Å². The van der Waals surface area contributed by atoms with Gasteiger partial charge in [0, 0.05) is 11.6 Å². The van der Waals surface area contributed by atoms with Gasteiger partial charge in [0.15, 0.2) is 6.54 Å². The van der Waals surface area contributed by atoms with Crippen LogP contribution in [0, 0.1) is 12.8 Å². The van der Waals surface area contributed by atoms with E-state index in [1.807, 2.05) is 0 Å². The summed E-state index contributed by atoms with van der Waals surface area (Å²) in [4.78, 5) is 14.2. The second kappa shape index (κ2) is 8.06. The molecular formula is C19H30N3O3S+. The molecule has 0 radical (unpaired) electrons. The molecule has 3 rings (SSSR count). The third-order valence-corrected chi connectivity index (χ3v) is 7.48. The Balaban J connectivity index is 1.67. The summed E-state index contributed by atoms with van der Waals surface area (Å²) < 4.78 is 26.5. The van der Waals surface area contributed by atoms with Gasteiger partial charge in [0.05, 0.1) is 17.5 Å². The zero-order chi connectivity index (χ0) is 18.7. The Labute approximate surface area is 156 Å².